The Bertz CT molecular complexity index is 718. The minimum atomic E-state index is 0.302. The first-order valence-electron chi connectivity index (χ1n) is 10.0. The molecular formula is C22H35N5. The number of aliphatic imine (C=N–C) groups is 1. The van der Waals surface area contributed by atoms with Gasteiger partial charge in [0.2, 0.25) is 0 Å². The minimum absolute atomic E-state index is 0.302. The third-order valence-electron chi connectivity index (χ3n) is 5.05. The number of nitrogens with one attached hydrogen (secondary N) is 2. The molecule has 148 valence electrons. The largest absolute Gasteiger partial charge is 0.356 e. The van der Waals surface area contributed by atoms with Crippen molar-refractivity contribution in [3.05, 3.63) is 52.8 Å². The number of guanidine groups is 1. The number of rotatable bonds is 9. The molecule has 1 heterocycles. The van der Waals surface area contributed by atoms with Crippen LogP contribution in [0.5, 0.6) is 0 Å². The molecule has 0 fully saturated rings. The van der Waals surface area contributed by atoms with Gasteiger partial charge in [0.05, 0.1) is 5.69 Å². The number of nitrogens with zero attached hydrogens (tertiary/aromatic N) is 3. The molecule has 1 unspecified atom stereocenters. The van der Waals surface area contributed by atoms with Crippen LogP contribution >= 0.6 is 0 Å². The molecule has 0 saturated carbocycles. The lowest BCUT2D eigenvalue weighted by Gasteiger charge is -2.18. The van der Waals surface area contributed by atoms with Gasteiger partial charge >= 0.3 is 0 Å². The third kappa shape index (κ3) is 6.74. The van der Waals surface area contributed by atoms with Crippen LogP contribution in [0.1, 0.15) is 48.7 Å². The molecule has 0 aliphatic carbocycles. The van der Waals surface area contributed by atoms with Gasteiger partial charge in [-0.3, -0.25) is 9.67 Å². The van der Waals surface area contributed by atoms with Crippen LogP contribution in [-0.2, 0) is 19.9 Å². The molecule has 1 aromatic heterocycles. The van der Waals surface area contributed by atoms with E-state index in [0.717, 1.165) is 37.5 Å². The van der Waals surface area contributed by atoms with Crippen molar-refractivity contribution >= 4 is 5.96 Å². The highest BCUT2D eigenvalue weighted by Crippen LogP contribution is 2.14. The number of aryl methyl sites for hydroxylation is 3. The zero-order valence-electron chi connectivity index (χ0n) is 17.5. The highest BCUT2D eigenvalue weighted by molar-refractivity contribution is 5.79. The van der Waals surface area contributed by atoms with E-state index in [1.54, 1.807) is 0 Å². The van der Waals surface area contributed by atoms with E-state index in [1.807, 2.05) is 18.8 Å². The van der Waals surface area contributed by atoms with Gasteiger partial charge in [-0.1, -0.05) is 36.8 Å². The highest BCUT2D eigenvalue weighted by atomic mass is 15.3. The van der Waals surface area contributed by atoms with E-state index in [4.69, 9.17) is 0 Å². The summed E-state index contributed by atoms with van der Waals surface area (Å²) in [5.41, 5.74) is 5.11. The Kier molecular flexibility index (Phi) is 8.37. The average Bonchev–Trinajstić information content (AvgIpc) is 2.90. The summed E-state index contributed by atoms with van der Waals surface area (Å²) in [6.07, 6.45) is 5.72. The zero-order valence-corrected chi connectivity index (χ0v) is 17.5. The zero-order chi connectivity index (χ0) is 19.6. The number of unbranched alkanes of at least 4 members (excludes halogenated alkanes) is 2. The molecule has 2 rings (SSSR count). The molecule has 0 saturated heterocycles. The lowest BCUT2D eigenvalue weighted by molar-refractivity contribution is 0.618. The monoisotopic (exact) mass is 369 g/mol. The highest BCUT2D eigenvalue weighted by Gasteiger charge is 2.13. The number of benzene rings is 1. The van der Waals surface area contributed by atoms with Crippen molar-refractivity contribution in [3.8, 4) is 0 Å². The molecule has 5 heteroatoms. The lowest BCUT2D eigenvalue weighted by Crippen LogP contribution is -2.43. The van der Waals surface area contributed by atoms with Crippen LogP contribution in [0.2, 0.25) is 0 Å². The van der Waals surface area contributed by atoms with E-state index < -0.39 is 0 Å². The van der Waals surface area contributed by atoms with Crippen LogP contribution in [-0.4, -0.2) is 35.4 Å². The lowest BCUT2D eigenvalue weighted by atomic mass is 10.1. The van der Waals surface area contributed by atoms with E-state index in [1.165, 1.54) is 29.7 Å². The SMILES string of the molecule is CN=C(NCCCCCc1ccccc1)NC(C)Cc1c(C)nn(C)c1C. The van der Waals surface area contributed by atoms with E-state index in [2.05, 4.69) is 71.8 Å². The first kappa shape index (κ1) is 21.0. The van der Waals surface area contributed by atoms with Gasteiger partial charge in [-0.05, 0) is 57.6 Å². The Morgan fingerprint density at radius 1 is 1.15 bits per heavy atom. The normalized spacial score (nSPS) is 12.9. The van der Waals surface area contributed by atoms with Gasteiger partial charge in [0.1, 0.15) is 0 Å². The second kappa shape index (κ2) is 10.8. The molecule has 0 bridgehead atoms. The van der Waals surface area contributed by atoms with E-state index in [0.29, 0.717) is 6.04 Å². The predicted octanol–water partition coefficient (Wildman–Crippen LogP) is 3.55. The quantitative estimate of drug-likeness (QED) is 0.404. The van der Waals surface area contributed by atoms with Crippen LogP contribution in [0.25, 0.3) is 0 Å². The maximum Gasteiger partial charge on any atom is 0.191 e. The summed E-state index contributed by atoms with van der Waals surface area (Å²) < 4.78 is 1.96. The van der Waals surface area contributed by atoms with Crippen LogP contribution < -0.4 is 10.6 Å². The molecule has 0 amide bonds. The molecule has 27 heavy (non-hydrogen) atoms. The Morgan fingerprint density at radius 3 is 2.52 bits per heavy atom. The first-order valence-corrected chi connectivity index (χ1v) is 10.0. The first-order chi connectivity index (χ1) is 13.0. The molecule has 0 aliphatic heterocycles. The topological polar surface area (TPSA) is 54.2 Å². The smallest absolute Gasteiger partial charge is 0.191 e. The number of aromatic nitrogens is 2. The van der Waals surface area contributed by atoms with Crippen molar-refractivity contribution in [1.82, 2.24) is 20.4 Å². The fourth-order valence-electron chi connectivity index (χ4n) is 3.38. The summed E-state index contributed by atoms with van der Waals surface area (Å²) in [7, 11) is 3.83. The van der Waals surface area contributed by atoms with Gasteiger partial charge in [0.15, 0.2) is 5.96 Å². The molecule has 0 radical (unpaired) electrons. The van der Waals surface area contributed by atoms with Crippen molar-refractivity contribution in [2.75, 3.05) is 13.6 Å². The van der Waals surface area contributed by atoms with Gasteiger partial charge in [0, 0.05) is 32.4 Å². The summed E-state index contributed by atoms with van der Waals surface area (Å²) in [5.74, 6) is 0.879. The number of hydrogen-bond acceptors (Lipinski definition) is 2. The Hall–Kier alpha value is -2.30. The molecular weight excluding hydrogens is 334 g/mol. The maximum absolute atomic E-state index is 4.51. The Balaban J connectivity index is 1.66. The summed E-state index contributed by atoms with van der Waals surface area (Å²) >= 11 is 0. The van der Waals surface area contributed by atoms with Crippen molar-refractivity contribution in [3.63, 3.8) is 0 Å². The Morgan fingerprint density at radius 2 is 1.89 bits per heavy atom. The van der Waals surface area contributed by atoms with Crippen molar-refractivity contribution < 1.29 is 0 Å². The summed E-state index contributed by atoms with van der Waals surface area (Å²) in [4.78, 5) is 4.36. The van der Waals surface area contributed by atoms with Gasteiger partial charge in [-0.2, -0.15) is 5.10 Å². The fraction of sp³-hybridized carbons (Fsp3) is 0.545. The summed E-state index contributed by atoms with van der Waals surface area (Å²) in [6.45, 7) is 7.35. The van der Waals surface area contributed by atoms with Gasteiger partial charge in [-0.25, -0.2) is 0 Å². The summed E-state index contributed by atoms with van der Waals surface area (Å²) in [6, 6.07) is 11.0. The second-order valence-electron chi connectivity index (χ2n) is 7.32. The second-order valence-corrected chi connectivity index (χ2v) is 7.32. The van der Waals surface area contributed by atoms with Crippen LogP contribution in [0.15, 0.2) is 35.3 Å². The fourth-order valence-corrected chi connectivity index (χ4v) is 3.38. The Labute approximate surface area is 164 Å². The van der Waals surface area contributed by atoms with Gasteiger partial charge < -0.3 is 10.6 Å². The van der Waals surface area contributed by atoms with E-state index >= 15 is 0 Å². The predicted molar refractivity (Wildman–Crippen MR) is 114 cm³/mol. The van der Waals surface area contributed by atoms with Crippen molar-refractivity contribution in [2.24, 2.45) is 12.0 Å². The molecule has 2 aromatic rings. The molecule has 0 aliphatic rings. The number of hydrogen-bond donors (Lipinski definition) is 2. The van der Waals surface area contributed by atoms with Crippen LogP contribution in [0.4, 0.5) is 0 Å². The van der Waals surface area contributed by atoms with Gasteiger partial charge in [-0.15, -0.1) is 0 Å². The standard InChI is InChI=1S/C22H35N5/c1-17(16-21-18(2)26-27(5)19(21)3)25-22(23-4)24-15-11-7-10-14-20-12-8-6-9-13-20/h6,8-9,12-13,17H,7,10-11,14-16H2,1-5H3,(H2,23,24,25). The van der Waals surface area contributed by atoms with Crippen molar-refractivity contribution in [2.45, 2.75) is 58.9 Å². The average molecular weight is 370 g/mol. The minimum Gasteiger partial charge on any atom is -0.356 e. The third-order valence-corrected chi connectivity index (χ3v) is 5.05. The molecule has 2 N–H and O–H groups in total. The maximum atomic E-state index is 4.51. The summed E-state index contributed by atoms with van der Waals surface area (Å²) in [5, 5.41) is 11.4. The van der Waals surface area contributed by atoms with Gasteiger partial charge in [0.25, 0.3) is 0 Å². The van der Waals surface area contributed by atoms with Crippen molar-refractivity contribution in [1.29, 1.82) is 0 Å². The van der Waals surface area contributed by atoms with E-state index in [-0.39, 0.29) is 0 Å². The molecule has 1 atom stereocenters. The molecule has 5 nitrogen and oxygen atoms in total. The van der Waals surface area contributed by atoms with Crippen LogP contribution in [0, 0.1) is 13.8 Å². The molecule has 1 aromatic carbocycles. The van der Waals surface area contributed by atoms with E-state index in [9.17, 15) is 0 Å². The van der Waals surface area contributed by atoms with Crippen LogP contribution in [0.3, 0.4) is 0 Å². The molecule has 0 spiro atoms.